The molecule has 0 amide bonds. The summed E-state index contributed by atoms with van der Waals surface area (Å²) < 4.78 is 29.1. The lowest BCUT2D eigenvalue weighted by Gasteiger charge is -2.12. The highest BCUT2D eigenvalue weighted by molar-refractivity contribution is 8.13. The first-order valence-corrected chi connectivity index (χ1v) is 9.42. The summed E-state index contributed by atoms with van der Waals surface area (Å²) >= 11 is 1.54. The number of ether oxygens (including phenoxy) is 1. The second kappa shape index (κ2) is 5.94. The van der Waals surface area contributed by atoms with E-state index in [1.165, 1.54) is 17.4 Å². The molecule has 0 aliphatic heterocycles. The molecule has 0 N–H and O–H groups in total. The van der Waals surface area contributed by atoms with Gasteiger partial charge in [0.2, 0.25) is 0 Å². The van der Waals surface area contributed by atoms with E-state index >= 15 is 0 Å². The lowest BCUT2D eigenvalue weighted by atomic mass is 10.1. The molecule has 1 aromatic carbocycles. The number of halogens is 1. The SMILES string of the molecule is Cc1cc(C)c(OCc2nc(C)c(C)s2)c(S(=O)(=O)Cl)c1. The summed E-state index contributed by atoms with van der Waals surface area (Å²) in [5.41, 5.74) is 2.52. The predicted molar refractivity (Wildman–Crippen MR) is 84.9 cm³/mol. The Hall–Kier alpha value is -1.11. The van der Waals surface area contributed by atoms with Gasteiger partial charge in [-0.05, 0) is 44.9 Å². The number of aryl methyl sites for hydroxylation is 4. The van der Waals surface area contributed by atoms with E-state index in [4.69, 9.17) is 15.4 Å². The van der Waals surface area contributed by atoms with Crippen LogP contribution in [0.25, 0.3) is 0 Å². The van der Waals surface area contributed by atoms with E-state index in [0.717, 1.165) is 26.7 Å². The lowest BCUT2D eigenvalue weighted by Crippen LogP contribution is -2.03. The van der Waals surface area contributed by atoms with Crippen LogP contribution in [0, 0.1) is 27.7 Å². The van der Waals surface area contributed by atoms with E-state index in [9.17, 15) is 8.42 Å². The number of benzene rings is 1. The molecule has 0 aliphatic rings. The number of hydrogen-bond donors (Lipinski definition) is 0. The van der Waals surface area contributed by atoms with Gasteiger partial charge in [-0.15, -0.1) is 11.3 Å². The summed E-state index contributed by atoms with van der Waals surface area (Å²) in [6, 6.07) is 3.38. The number of aromatic nitrogens is 1. The summed E-state index contributed by atoms with van der Waals surface area (Å²) in [5.74, 6) is 0.293. The van der Waals surface area contributed by atoms with Crippen molar-refractivity contribution in [2.45, 2.75) is 39.2 Å². The summed E-state index contributed by atoms with van der Waals surface area (Å²) in [7, 11) is 1.64. The van der Waals surface area contributed by atoms with Gasteiger partial charge in [0.1, 0.15) is 22.3 Å². The molecule has 0 radical (unpaired) electrons. The van der Waals surface area contributed by atoms with Crippen molar-refractivity contribution < 1.29 is 13.2 Å². The monoisotopic (exact) mass is 345 g/mol. The van der Waals surface area contributed by atoms with Crippen LogP contribution in [0.5, 0.6) is 5.75 Å². The maximum Gasteiger partial charge on any atom is 0.265 e. The van der Waals surface area contributed by atoms with Crippen molar-refractivity contribution in [2.75, 3.05) is 0 Å². The Morgan fingerprint density at radius 1 is 1.24 bits per heavy atom. The van der Waals surface area contributed by atoms with Gasteiger partial charge in [-0.25, -0.2) is 13.4 Å². The maximum absolute atomic E-state index is 11.7. The second-order valence-electron chi connectivity index (χ2n) is 4.88. The first kappa shape index (κ1) is 16.3. The van der Waals surface area contributed by atoms with Crippen LogP contribution in [0.4, 0.5) is 0 Å². The van der Waals surface area contributed by atoms with Gasteiger partial charge in [0.25, 0.3) is 9.05 Å². The largest absolute Gasteiger partial charge is 0.485 e. The zero-order valence-electron chi connectivity index (χ0n) is 12.2. The number of thiazole rings is 1. The Labute approximate surface area is 133 Å². The summed E-state index contributed by atoms with van der Waals surface area (Å²) in [6.45, 7) is 7.76. The van der Waals surface area contributed by atoms with Crippen molar-refractivity contribution in [3.8, 4) is 5.75 Å². The average molecular weight is 346 g/mol. The Morgan fingerprint density at radius 2 is 1.90 bits per heavy atom. The number of hydrogen-bond acceptors (Lipinski definition) is 5. The molecule has 1 heterocycles. The van der Waals surface area contributed by atoms with Gasteiger partial charge in [0.15, 0.2) is 0 Å². The van der Waals surface area contributed by atoms with Gasteiger partial charge < -0.3 is 4.74 Å². The Balaban J connectivity index is 2.35. The molecule has 4 nitrogen and oxygen atoms in total. The molecule has 0 atom stereocenters. The van der Waals surface area contributed by atoms with Crippen LogP contribution >= 0.6 is 22.0 Å². The first-order valence-electron chi connectivity index (χ1n) is 6.30. The third kappa shape index (κ3) is 3.75. The van der Waals surface area contributed by atoms with Crippen LogP contribution in [0.3, 0.4) is 0 Å². The smallest absolute Gasteiger partial charge is 0.265 e. The fourth-order valence-electron chi connectivity index (χ4n) is 2.02. The molecular weight excluding hydrogens is 330 g/mol. The average Bonchev–Trinajstić information content (AvgIpc) is 2.65. The summed E-state index contributed by atoms with van der Waals surface area (Å²) in [5, 5.41) is 0.808. The third-order valence-electron chi connectivity index (χ3n) is 3.06. The van der Waals surface area contributed by atoms with Crippen molar-refractivity contribution in [3.63, 3.8) is 0 Å². The zero-order chi connectivity index (χ0) is 15.8. The summed E-state index contributed by atoms with van der Waals surface area (Å²) in [6.07, 6.45) is 0. The standard InChI is InChI=1S/C14H16ClNO3S2/c1-8-5-9(2)14(12(6-8)21(15,17)18)19-7-13-16-10(3)11(4)20-13/h5-6H,7H2,1-4H3. The van der Waals surface area contributed by atoms with Gasteiger partial charge in [0, 0.05) is 15.6 Å². The molecule has 0 saturated heterocycles. The van der Waals surface area contributed by atoms with Crippen molar-refractivity contribution in [1.82, 2.24) is 4.98 Å². The Kier molecular flexibility index (Phi) is 4.60. The lowest BCUT2D eigenvalue weighted by molar-refractivity contribution is 0.295. The van der Waals surface area contributed by atoms with Crippen LogP contribution in [0.1, 0.15) is 26.7 Å². The molecule has 0 bridgehead atoms. The van der Waals surface area contributed by atoms with Gasteiger partial charge in [-0.2, -0.15) is 0 Å². The Morgan fingerprint density at radius 3 is 2.43 bits per heavy atom. The first-order chi connectivity index (χ1) is 9.68. The second-order valence-corrected chi connectivity index (χ2v) is 8.71. The molecule has 114 valence electrons. The zero-order valence-corrected chi connectivity index (χ0v) is 14.6. The molecule has 7 heteroatoms. The molecule has 0 spiro atoms. The van der Waals surface area contributed by atoms with Gasteiger partial charge in [0.05, 0.1) is 5.69 Å². The molecule has 0 fully saturated rings. The third-order valence-corrected chi connectivity index (χ3v) is 5.43. The van der Waals surface area contributed by atoms with Crippen molar-refractivity contribution in [3.05, 3.63) is 38.8 Å². The minimum atomic E-state index is -3.86. The van der Waals surface area contributed by atoms with E-state index in [2.05, 4.69) is 4.98 Å². The molecule has 2 aromatic rings. The van der Waals surface area contributed by atoms with Crippen LogP contribution in [-0.4, -0.2) is 13.4 Å². The molecule has 1 aromatic heterocycles. The number of rotatable bonds is 4. The topological polar surface area (TPSA) is 56.3 Å². The highest BCUT2D eigenvalue weighted by Gasteiger charge is 2.20. The van der Waals surface area contributed by atoms with Crippen LogP contribution in [0.2, 0.25) is 0 Å². The number of nitrogens with zero attached hydrogens (tertiary/aromatic N) is 1. The fourth-order valence-corrected chi connectivity index (χ4v) is 3.98. The normalized spacial score (nSPS) is 11.7. The molecule has 0 aliphatic carbocycles. The molecule has 2 rings (SSSR count). The fraction of sp³-hybridized carbons (Fsp3) is 0.357. The predicted octanol–water partition coefficient (Wildman–Crippen LogP) is 3.88. The van der Waals surface area contributed by atoms with Crippen LogP contribution < -0.4 is 4.74 Å². The van der Waals surface area contributed by atoms with Gasteiger partial charge in [-0.1, -0.05) is 6.07 Å². The molecule has 0 unspecified atom stereocenters. The maximum atomic E-state index is 11.7. The molecular formula is C14H16ClNO3S2. The van der Waals surface area contributed by atoms with E-state index in [0.29, 0.717) is 5.75 Å². The van der Waals surface area contributed by atoms with Crippen LogP contribution in [-0.2, 0) is 15.7 Å². The van der Waals surface area contributed by atoms with Gasteiger partial charge in [-0.3, -0.25) is 0 Å². The highest BCUT2D eigenvalue weighted by Crippen LogP contribution is 2.32. The molecule has 21 heavy (non-hydrogen) atoms. The molecule has 0 saturated carbocycles. The van der Waals surface area contributed by atoms with E-state index in [1.807, 2.05) is 26.8 Å². The minimum absolute atomic E-state index is 0.00617. The highest BCUT2D eigenvalue weighted by atomic mass is 35.7. The van der Waals surface area contributed by atoms with E-state index in [-0.39, 0.29) is 11.5 Å². The van der Waals surface area contributed by atoms with Crippen molar-refractivity contribution in [2.24, 2.45) is 0 Å². The van der Waals surface area contributed by atoms with Crippen molar-refractivity contribution in [1.29, 1.82) is 0 Å². The van der Waals surface area contributed by atoms with Gasteiger partial charge >= 0.3 is 0 Å². The van der Waals surface area contributed by atoms with E-state index in [1.54, 1.807) is 6.92 Å². The summed E-state index contributed by atoms with van der Waals surface area (Å²) in [4.78, 5) is 5.51. The minimum Gasteiger partial charge on any atom is -0.485 e. The van der Waals surface area contributed by atoms with Crippen molar-refractivity contribution >= 4 is 31.1 Å². The van der Waals surface area contributed by atoms with E-state index < -0.39 is 9.05 Å². The quantitative estimate of drug-likeness (QED) is 0.789. The van der Waals surface area contributed by atoms with Crippen LogP contribution in [0.15, 0.2) is 17.0 Å². The Bertz CT molecular complexity index is 762.